The highest BCUT2D eigenvalue weighted by Crippen LogP contribution is 2.27. The lowest BCUT2D eigenvalue weighted by molar-refractivity contribution is 0.238. The molecule has 114 valence electrons. The van der Waals surface area contributed by atoms with Crippen molar-refractivity contribution in [2.75, 3.05) is 0 Å². The summed E-state index contributed by atoms with van der Waals surface area (Å²) in [6.45, 7) is 6.35. The van der Waals surface area contributed by atoms with E-state index >= 15 is 0 Å². The van der Waals surface area contributed by atoms with Crippen molar-refractivity contribution in [2.45, 2.75) is 77.9 Å². The minimum absolute atomic E-state index is 0.0936. The molecule has 2 heteroatoms. The molecular weight excluding hydrogens is 246 g/mol. The first-order chi connectivity index (χ1) is 9.65. The minimum Gasteiger partial charge on any atom is -0.491 e. The molecule has 0 aliphatic heterocycles. The number of nitrogens with two attached hydrogens (primary N) is 1. The van der Waals surface area contributed by atoms with Gasteiger partial charge in [-0.3, -0.25) is 0 Å². The predicted octanol–water partition coefficient (Wildman–Crippen LogP) is 5.22. The summed E-state index contributed by atoms with van der Waals surface area (Å²) in [5.41, 5.74) is 7.48. The van der Waals surface area contributed by atoms with Crippen molar-refractivity contribution in [3.63, 3.8) is 0 Å². The van der Waals surface area contributed by atoms with Crippen molar-refractivity contribution in [1.82, 2.24) is 0 Å². The van der Waals surface area contributed by atoms with Crippen molar-refractivity contribution in [2.24, 2.45) is 5.73 Å². The second-order valence-corrected chi connectivity index (χ2v) is 5.87. The van der Waals surface area contributed by atoms with Crippen molar-refractivity contribution < 1.29 is 4.74 Å². The molecule has 0 saturated heterocycles. The Kier molecular flexibility index (Phi) is 8.36. The average Bonchev–Trinajstić information content (AvgIpc) is 2.42. The Morgan fingerprint density at radius 3 is 2.35 bits per heavy atom. The zero-order chi connectivity index (χ0) is 14.8. The molecular formula is C18H31NO. The zero-order valence-corrected chi connectivity index (χ0v) is 13.4. The van der Waals surface area contributed by atoms with E-state index in [0.717, 1.165) is 17.7 Å². The summed E-state index contributed by atoms with van der Waals surface area (Å²) in [6, 6.07) is 8.27. The summed E-state index contributed by atoms with van der Waals surface area (Å²) in [6.07, 6.45) is 9.10. The van der Waals surface area contributed by atoms with Gasteiger partial charge in [0.25, 0.3) is 0 Å². The number of hydrogen-bond acceptors (Lipinski definition) is 2. The number of ether oxygens (including phenoxy) is 1. The molecule has 0 radical (unpaired) electrons. The maximum atomic E-state index is 6.33. The molecule has 1 rings (SSSR count). The summed E-state index contributed by atoms with van der Waals surface area (Å²) in [7, 11) is 0. The fourth-order valence-electron chi connectivity index (χ4n) is 2.45. The smallest absolute Gasteiger partial charge is 0.124 e. The summed E-state index contributed by atoms with van der Waals surface area (Å²) < 4.78 is 5.85. The third-order valence-electron chi connectivity index (χ3n) is 3.55. The van der Waals surface area contributed by atoms with Crippen LogP contribution in [0.5, 0.6) is 5.75 Å². The Bertz CT molecular complexity index is 362. The zero-order valence-electron chi connectivity index (χ0n) is 13.4. The molecule has 0 aliphatic carbocycles. The van der Waals surface area contributed by atoms with E-state index < -0.39 is 0 Å². The van der Waals surface area contributed by atoms with E-state index in [4.69, 9.17) is 10.5 Å². The van der Waals surface area contributed by atoms with Crippen LogP contribution in [-0.4, -0.2) is 6.10 Å². The number of benzene rings is 1. The second-order valence-electron chi connectivity index (χ2n) is 5.87. The summed E-state index contributed by atoms with van der Waals surface area (Å²) in [5.74, 6) is 0.945. The minimum atomic E-state index is 0.0936. The molecule has 1 unspecified atom stereocenters. The first kappa shape index (κ1) is 17.0. The Morgan fingerprint density at radius 2 is 1.65 bits per heavy atom. The molecule has 0 heterocycles. The van der Waals surface area contributed by atoms with Gasteiger partial charge < -0.3 is 10.5 Å². The van der Waals surface area contributed by atoms with Gasteiger partial charge in [0, 0.05) is 11.6 Å². The van der Waals surface area contributed by atoms with Crippen molar-refractivity contribution >= 4 is 0 Å². The van der Waals surface area contributed by atoms with Crippen LogP contribution >= 0.6 is 0 Å². The van der Waals surface area contributed by atoms with E-state index in [1.54, 1.807) is 0 Å². The first-order valence-corrected chi connectivity index (χ1v) is 8.16. The van der Waals surface area contributed by atoms with Crippen LogP contribution in [0.1, 0.15) is 77.3 Å². The number of hydrogen-bond donors (Lipinski definition) is 1. The van der Waals surface area contributed by atoms with Crippen LogP contribution < -0.4 is 10.5 Å². The largest absolute Gasteiger partial charge is 0.491 e. The van der Waals surface area contributed by atoms with Crippen molar-refractivity contribution in [1.29, 1.82) is 0 Å². The van der Waals surface area contributed by atoms with E-state index in [0.29, 0.717) is 0 Å². The van der Waals surface area contributed by atoms with E-state index in [2.05, 4.69) is 26.8 Å². The highest BCUT2D eigenvalue weighted by Gasteiger charge is 2.12. The van der Waals surface area contributed by atoms with E-state index in [1.807, 2.05) is 18.2 Å². The molecule has 0 aromatic heterocycles. The van der Waals surface area contributed by atoms with E-state index in [-0.39, 0.29) is 12.1 Å². The molecule has 0 saturated carbocycles. The molecule has 0 spiro atoms. The van der Waals surface area contributed by atoms with E-state index in [9.17, 15) is 0 Å². The maximum Gasteiger partial charge on any atom is 0.124 e. The van der Waals surface area contributed by atoms with Crippen molar-refractivity contribution in [3.8, 4) is 5.75 Å². The highest BCUT2D eigenvalue weighted by atomic mass is 16.5. The normalized spacial score (nSPS) is 12.7. The van der Waals surface area contributed by atoms with Gasteiger partial charge in [0.1, 0.15) is 5.75 Å². The molecule has 1 aromatic rings. The Balaban J connectivity index is 2.40. The van der Waals surface area contributed by atoms with E-state index in [1.165, 1.54) is 38.5 Å². The van der Waals surface area contributed by atoms with Crippen LogP contribution in [0.25, 0.3) is 0 Å². The van der Waals surface area contributed by atoms with Gasteiger partial charge in [-0.1, -0.05) is 63.6 Å². The molecule has 0 amide bonds. The lowest BCUT2D eigenvalue weighted by atomic mass is 9.99. The number of unbranched alkanes of at least 4 members (excludes halogenated alkanes) is 5. The summed E-state index contributed by atoms with van der Waals surface area (Å²) >= 11 is 0. The first-order valence-electron chi connectivity index (χ1n) is 8.16. The Morgan fingerprint density at radius 1 is 1.00 bits per heavy atom. The Hall–Kier alpha value is -1.02. The SMILES string of the molecule is CCCCCCCCC(N)c1ccccc1OC(C)C. The third-order valence-corrected chi connectivity index (χ3v) is 3.55. The molecule has 1 aromatic carbocycles. The predicted molar refractivity (Wildman–Crippen MR) is 87.1 cm³/mol. The standard InChI is InChI=1S/C18H31NO/c1-4-5-6-7-8-9-13-17(19)16-12-10-11-14-18(16)20-15(2)3/h10-12,14-15,17H,4-9,13,19H2,1-3H3. The topological polar surface area (TPSA) is 35.2 Å². The van der Waals surface area contributed by atoms with Crippen molar-refractivity contribution in [3.05, 3.63) is 29.8 Å². The van der Waals surface area contributed by atoms with Crippen LogP contribution in [0.3, 0.4) is 0 Å². The van der Waals surface area contributed by atoms with Gasteiger partial charge in [-0.15, -0.1) is 0 Å². The molecule has 2 N–H and O–H groups in total. The van der Waals surface area contributed by atoms with Crippen LogP contribution in [-0.2, 0) is 0 Å². The molecule has 0 fully saturated rings. The summed E-state index contributed by atoms with van der Waals surface area (Å²) in [4.78, 5) is 0. The van der Waals surface area contributed by atoms with Gasteiger partial charge in [-0.25, -0.2) is 0 Å². The molecule has 1 atom stereocenters. The quantitative estimate of drug-likeness (QED) is 0.595. The number of para-hydroxylation sites is 1. The third kappa shape index (κ3) is 6.42. The van der Waals surface area contributed by atoms with Crippen LogP contribution in [0.15, 0.2) is 24.3 Å². The fraction of sp³-hybridized carbons (Fsp3) is 0.667. The van der Waals surface area contributed by atoms with Crippen LogP contribution in [0.2, 0.25) is 0 Å². The monoisotopic (exact) mass is 277 g/mol. The molecule has 20 heavy (non-hydrogen) atoms. The molecule has 0 aliphatic rings. The van der Waals surface area contributed by atoms with Gasteiger partial charge in [-0.2, -0.15) is 0 Å². The lowest BCUT2D eigenvalue weighted by Gasteiger charge is -2.18. The number of rotatable bonds is 10. The van der Waals surface area contributed by atoms with Gasteiger partial charge in [0.2, 0.25) is 0 Å². The maximum absolute atomic E-state index is 6.33. The lowest BCUT2D eigenvalue weighted by Crippen LogP contribution is -2.14. The van der Waals surface area contributed by atoms with Crippen LogP contribution in [0, 0.1) is 0 Å². The Labute approximate surface area is 124 Å². The highest BCUT2D eigenvalue weighted by molar-refractivity contribution is 5.35. The second kappa shape index (κ2) is 9.82. The molecule has 2 nitrogen and oxygen atoms in total. The van der Waals surface area contributed by atoms with Gasteiger partial charge in [0.15, 0.2) is 0 Å². The fourth-order valence-corrected chi connectivity index (χ4v) is 2.45. The molecule has 0 bridgehead atoms. The van der Waals surface area contributed by atoms with Gasteiger partial charge >= 0.3 is 0 Å². The average molecular weight is 277 g/mol. The van der Waals surface area contributed by atoms with Gasteiger partial charge in [-0.05, 0) is 26.3 Å². The summed E-state index contributed by atoms with van der Waals surface area (Å²) in [5, 5.41) is 0. The van der Waals surface area contributed by atoms with Crippen LogP contribution in [0.4, 0.5) is 0 Å². The van der Waals surface area contributed by atoms with Gasteiger partial charge in [0.05, 0.1) is 6.10 Å².